The molecule has 1 fully saturated rings. The molecular formula is C21H23N5O. The van der Waals surface area contributed by atoms with Gasteiger partial charge in [0.1, 0.15) is 6.33 Å². The summed E-state index contributed by atoms with van der Waals surface area (Å²) in [4.78, 5) is 12.7. The van der Waals surface area contributed by atoms with Crippen molar-refractivity contribution in [1.29, 1.82) is 0 Å². The Morgan fingerprint density at radius 2 is 1.81 bits per heavy atom. The third kappa shape index (κ3) is 4.22. The van der Waals surface area contributed by atoms with Gasteiger partial charge in [-0.1, -0.05) is 55.3 Å². The van der Waals surface area contributed by atoms with Crippen LogP contribution in [-0.2, 0) is 11.2 Å². The topological polar surface area (TPSA) is 72.7 Å². The molecule has 138 valence electrons. The van der Waals surface area contributed by atoms with Crippen LogP contribution in [0.25, 0.3) is 5.69 Å². The molecule has 0 aliphatic heterocycles. The number of nitrogens with one attached hydrogen (secondary N) is 1. The third-order valence-corrected chi connectivity index (χ3v) is 5.26. The lowest BCUT2D eigenvalue weighted by molar-refractivity contribution is -0.121. The van der Waals surface area contributed by atoms with Crippen LogP contribution < -0.4 is 5.32 Å². The van der Waals surface area contributed by atoms with Crippen molar-refractivity contribution >= 4 is 5.91 Å². The molecule has 1 aromatic heterocycles. The van der Waals surface area contributed by atoms with E-state index in [1.807, 2.05) is 42.5 Å². The Labute approximate surface area is 158 Å². The number of aromatic nitrogens is 4. The van der Waals surface area contributed by atoms with Gasteiger partial charge in [0, 0.05) is 0 Å². The lowest BCUT2D eigenvalue weighted by atomic mass is 9.91. The van der Waals surface area contributed by atoms with E-state index in [2.05, 4.69) is 33.0 Å². The molecule has 0 spiro atoms. The number of nitrogens with zero attached hydrogens (tertiary/aromatic N) is 4. The second-order valence-corrected chi connectivity index (χ2v) is 7.10. The minimum absolute atomic E-state index is 0.0610. The summed E-state index contributed by atoms with van der Waals surface area (Å²) in [6.45, 7) is 0. The monoisotopic (exact) mass is 361 g/mol. The molecule has 1 atom stereocenters. The molecule has 1 saturated carbocycles. The molecule has 1 unspecified atom stereocenters. The molecule has 0 radical (unpaired) electrons. The predicted octanol–water partition coefficient (Wildman–Crippen LogP) is 3.25. The van der Waals surface area contributed by atoms with Gasteiger partial charge in [0.05, 0.1) is 18.2 Å². The number of hydrogen-bond acceptors (Lipinski definition) is 4. The zero-order valence-corrected chi connectivity index (χ0v) is 15.2. The van der Waals surface area contributed by atoms with E-state index in [-0.39, 0.29) is 11.9 Å². The first-order valence-corrected chi connectivity index (χ1v) is 9.46. The normalized spacial score (nSPS) is 15.6. The molecule has 0 bridgehead atoms. The van der Waals surface area contributed by atoms with Gasteiger partial charge in [0.2, 0.25) is 5.91 Å². The number of rotatable bonds is 6. The maximum atomic E-state index is 12.7. The summed E-state index contributed by atoms with van der Waals surface area (Å²) >= 11 is 0. The van der Waals surface area contributed by atoms with Crippen LogP contribution in [0, 0.1) is 5.92 Å². The highest BCUT2D eigenvalue weighted by molar-refractivity contribution is 5.79. The second kappa shape index (κ2) is 8.12. The predicted molar refractivity (Wildman–Crippen MR) is 102 cm³/mol. The molecule has 0 saturated heterocycles. The van der Waals surface area contributed by atoms with E-state index < -0.39 is 0 Å². The summed E-state index contributed by atoms with van der Waals surface area (Å²) < 4.78 is 1.59. The largest absolute Gasteiger partial charge is 0.349 e. The summed E-state index contributed by atoms with van der Waals surface area (Å²) in [5.41, 5.74) is 3.05. The lowest BCUT2D eigenvalue weighted by Gasteiger charge is -2.25. The summed E-state index contributed by atoms with van der Waals surface area (Å²) in [7, 11) is 0. The van der Waals surface area contributed by atoms with Gasteiger partial charge in [-0.05, 0) is 52.4 Å². The summed E-state index contributed by atoms with van der Waals surface area (Å²) in [6.07, 6.45) is 6.78. The Hall–Kier alpha value is -3.02. The lowest BCUT2D eigenvalue weighted by Crippen LogP contribution is -2.33. The molecule has 1 amide bonds. The summed E-state index contributed by atoms with van der Waals surface area (Å²) in [5, 5.41) is 14.4. The van der Waals surface area contributed by atoms with Gasteiger partial charge in [-0.2, -0.15) is 0 Å². The molecule has 27 heavy (non-hydrogen) atoms. The van der Waals surface area contributed by atoms with Crippen LogP contribution in [-0.4, -0.2) is 26.1 Å². The van der Waals surface area contributed by atoms with Crippen molar-refractivity contribution in [3.63, 3.8) is 0 Å². The van der Waals surface area contributed by atoms with Crippen LogP contribution in [0.1, 0.15) is 42.9 Å². The fraction of sp³-hybridized carbons (Fsp3) is 0.333. The second-order valence-electron chi connectivity index (χ2n) is 7.10. The van der Waals surface area contributed by atoms with Gasteiger partial charge in [-0.3, -0.25) is 4.79 Å². The van der Waals surface area contributed by atoms with Crippen molar-refractivity contribution in [2.24, 2.45) is 5.92 Å². The molecule has 2 aromatic carbocycles. The van der Waals surface area contributed by atoms with Gasteiger partial charge in [0.25, 0.3) is 0 Å². The first-order valence-electron chi connectivity index (χ1n) is 9.46. The zero-order chi connectivity index (χ0) is 18.5. The number of tetrazole rings is 1. The maximum absolute atomic E-state index is 12.7. The van der Waals surface area contributed by atoms with E-state index in [0.29, 0.717) is 12.3 Å². The molecule has 6 nitrogen and oxygen atoms in total. The van der Waals surface area contributed by atoms with Gasteiger partial charge < -0.3 is 5.32 Å². The van der Waals surface area contributed by atoms with Gasteiger partial charge in [-0.25, -0.2) is 4.68 Å². The van der Waals surface area contributed by atoms with Crippen molar-refractivity contribution in [1.82, 2.24) is 25.5 Å². The molecule has 1 heterocycles. The SMILES string of the molecule is O=C(Cc1ccc(-n2cnnn2)cc1)NC(c1ccccc1)C1CCCC1. The van der Waals surface area contributed by atoms with E-state index in [4.69, 9.17) is 0 Å². The molecule has 3 aromatic rings. The van der Waals surface area contributed by atoms with Crippen LogP contribution in [0.5, 0.6) is 0 Å². The van der Waals surface area contributed by atoms with E-state index in [0.717, 1.165) is 11.3 Å². The van der Waals surface area contributed by atoms with Gasteiger partial charge >= 0.3 is 0 Å². The Bertz CT molecular complexity index is 855. The van der Waals surface area contributed by atoms with Crippen LogP contribution >= 0.6 is 0 Å². The quantitative estimate of drug-likeness (QED) is 0.731. The number of amides is 1. The van der Waals surface area contributed by atoms with Crippen molar-refractivity contribution in [3.05, 3.63) is 72.1 Å². The zero-order valence-electron chi connectivity index (χ0n) is 15.2. The minimum Gasteiger partial charge on any atom is -0.349 e. The standard InChI is InChI=1S/C21H23N5O/c27-20(14-16-10-12-19(13-11-16)26-15-22-24-25-26)23-21(18-8-4-5-9-18)17-6-2-1-3-7-17/h1-3,6-7,10-13,15,18,21H,4-5,8-9,14H2,(H,23,27). The van der Waals surface area contributed by atoms with Crippen molar-refractivity contribution < 1.29 is 4.79 Å². The highest BCUT2D eigenvalue weighted by Gasteiger charge is 2.27. The third-order valence-electron chi connectivity index (χ3n) is 5.26. The molecule has 4 rings (SSSR count). The fourth-order valence-electron chi connectivity index (χ4n) is 3.88. The minimum atomic E-state index is 0.0610. The molecule has 1 aliphatic carbocycles. The maximum Gasteiger partial charge on any atom is 0.224 e. The van der Waals surface area contributed by atoms with Gasteiger partial charge in [0.15, 0.2) is 0 Å². The average molecular weight is 361 g/mol. The number of benzene rings is 2. The van der Waals surface area contributed by atoms with Crippen molar-refractivity contribution in [2.45, 2.75) is 38.1 Å². The van der Waals surface area contributed by atoms with E-state index >= 15 is 0 Å². The molecular weight excluding hydrogens is 338 g/mol. The van der Waals surface area contributed by atoms with Crippen LogP contribution in [0.3, 0.4) is 0 Å². The Balaban J connectivity index is 1.43. The van der Waals surface area contributed by atoms with E-state index in [1.165, 1.54) is 31.2 Å². The molecule has 1 N–H and O–H groups in total. The molecule has 1 aliphatic rings. The Morgan fingerprint density at radius 1 is 1.07 bits per heavy atom. The van der Waals surface area contributed by atoms with Crippen LogP contribution in [0.4, 0.5) is 0 Å². The Morgan fingerprint density at radius 3 is 2.48 bits per heavy atom. The van der Waals surface area contributed by atoms with E-state index in [9.17, 15) is 4.79 Å². The van der Waals surface area contributed by atoms with Crippen molar-refractivity contribution in [2.75, 3.05) is 0 Å². The number of hydrogen-bond donors (Lipinski definition) is 1. The summed E-state index contributed by atoms with van der Waals surface area (Å²) in [6, 6.07) is 18.2. The fourth-order valence-corrected chi connectivity index (χ4v) is 3.88. The first-order chi connectivity index (χ1) is 13.3. The van der Waals surface area contributed by atoms with E-state index in [1.54, 1.807) is 11.0 Å². The average Bonchev–Trinajstić information content (AvgIpc) is 3.41. The number of carbonyl (C=O) groups is 1. The summed E-state index contributed by atoms with van der Waals surface area (Å²) in [5.74, 6) is 0.587. The van der Waals surface area contributed by atoms with Crippen LogP contribution in [0.2, 0.25) is 0 Å². The Kier molecular flexibility index (Phi) is 5.23. The smallest absolute Gasteiger partial charge is 0.224 e. The molecule has 6 heteroatoms. The first kappa shape index (κ1) is 17.4. The van der Waals surface area contributed by atoms with Crippen LogP contribution in [0.15, 0.2) is 60.9 Å². The highest BCUT2D eigenvalue weighted by atomic mass is 16.1. The van der Waals surface area contributed by atoms with Crippen molar-refractivity contribution in [3.8, 4) is 5.69 Å². The number of carbonyl (C=O) groups excluding carboxylic acids is 1. The highest BCUT2D eigenvalue weighted by Crippen LogP contribution is 2.35. The van der Waals surface area contributed by atoms with Gasteiger partial charge in [-0.15, -0.1) is 5.10 Å².